The van der Waals surface area contributed by atoms with E-state index in [0.29, 0.717) is 6.42 Å². The van der Waals surface area contributed by atoms with Crippen molar-refractivity contribution < 1.29 is 9.36 Å². The fourth-order valence-corrected chi connectivity index (χ4v) is 3.85. The molecule has 27 heavy (non-hydrogen) atoms. The van der Waals surface area contributed by atoms with Crippen molar-refractivity contribution in [3.8, 4) is 0 Å². The zero-order chi connectivity index (χ0) is 19.3. The SMILES string of the molecule is CCC[n+]1ccn(CCC(C(N)=O)(c2ccccc2)c2ccccc2)c1C. The predicted octanol–water partition coefficient (Wildman–Crippen LogP) is 3.36. The molecule has 0 radical (unpaired) electrons. The summed E-state index contributed by atoms with van der Waals surface area (Å²) >= 11 is 0. The molecule has 0 unspecified atom stereocenters. The second-order valence-electron chi connectivity index (χ2n) is 6.98. The molecule has 1 heterocycles. The highest BCUT2D eigenvalue weighted by Gasteiger charge is 2.40. The van der Waals surface area contributed by atoms with Crippen molar-refractivity contribution in [1.29, 1.82) is 0 Å². The lowest BCUT2D eigenvalue weighted by atomic mass is 9.71. The van der Waals surface area contributed by atoms with E-state index < -0.39 is 5.41 Å². The van der Waals surface area contributed by atoms with E-state index in [4.69, 9.17) is 5.73 Å². The maximum Gasteiger partial charge on any atom is 0.253 e. The molecule has 0 saturated carbocycles. The largest absolute Gasteiger partial charge is 0.369 e. The molecule has 0 fully saturated rings. The average Bonchev–Trinajstić information content (AvgIpc) is 3.04. The van der Waals surface area contributed by atoms with E-state index in [1.807, 2.05) is 60.7 Å². The summed E-state index contributed by atoms with van der Waals surface area (Å²) in [5, 5.41) is 0. The Morgan fingerprint density at radius 1 is 1.04 bits per heavy atom. The summed E-state index contributed by atoms with van der Waals surface area (Å²) in [5.74, 6) is 0.877. The van der Waals surface area contributed by atoms with Crippen molar-refractivity contribution in [1.82, 2.24) is 4.57 Å². The normalized spacial score (nSPS) is 11.5. The Kier molecular flexibility index (Phi) is 5.75. The van der Waals surface area contributed by atoms with Crippen LogP contribution in [0.1, 0.15) is 36.7 Å². The van der Waals surface area contributed by atoms with Crippen LogP contribution in [0.5, 0.6) is 0 Å². The number of aromatic nitrogens is 2. The first-order chi connectivity index (χ1) is 13.1. The van der Waals surface area contributed by atoms with Crippen molar-refractivity contribution in [3.05, 3.63) is 90.0 Å². The van der Waals surface area contributed by atoms with Crippen molar-refractivity contribution in [2.45, 2.75) is 45.2 Å². The van der Waals surface area contributed by atoms with Crippen LogP contribution in [0.3, 0.4) is 0 Å². The van der Waals surface area contributed by atoms with E-state index >= 15 is 0 Å². The van der Waals surface area contributed by atoms with E-state index in [2.05, 4.69) is 35.4 Å². The lowest BCUT2D eigenvalue weighted by molar-refractivity contribution is -0.702. The van der Waals surface area contributed by atoms with E-state index in [0.717, 1.165) is 30.6 Å². The highest BCUT2D eigenvalue weighted by molar-refractivity contribution is 5.90. The minimum Gasteiger partial charge on any atom is -0.369 e. The molecule has 0 aliphatic rings. The molecule has 0 saturated heterocycles. The Labute approximate surface area is 161 Å². The van der Waals surface area contributed by atoms with Crippen LogP contribution in [0.25, 0.3) is 0 Å². The highest BCUT2D eigenvalue weighted by atomic mass is 16.1. The molecule has 0 bridgehead atoms. The first-order valence-electron chi connectivity index (χ1n) is 9.55. The van der Waals surface area contributed by atoms with Gasteiger partial charge in [0.1, 0.15) is 17.8 Å². The van der Waals surface area contributed by atoms with Gasteiger partial charge in [-0.15, -0.1) is 0 Å². The van der Waals surface area contributed by atoms with Crippen LogP contribution < -0.4 is 10.3 Å². The number of primary amides is 1. The summed E-state index contributed by atoms with van der Waals surface area (Å²) in [5.41, 5.74) is 7.06. The smallest absolute Gasteiger partial charge is 0.253 e. The van der Waals surface area contributed by atoms with Gasteiger partial charge in [0.2, 0.25) is 5.91 Å². The van der Waals surface area contributed by atoms with Crippen LogP contribution in [-0.4, -0.2) is 10.5 Å². The Bertz CT molecular complexity index is 845. The summed E-state index contributed by atoms with van der Waals surface area (Å²) in [6, 6.07) is 19.8. The molecule has 4 nitrogen and oxygen atoms in total. The molecule has 2 N–H and O–H groups in total. The second-order valence-corrected chi connectivity index (χ2v) is 6.98. The summed E-state index contributed by atoms with van der Waals surface area (Å²) in [7, 11) is 0. The van der Waals surface area contributed by atoms with Crippen molar-refractivity contribution >= 4 is 5.91 Å². The minimum atomic E-state index is -0.852. The lowest BCUT2D eigenvalue weighted by Crippen LogP contribution is -2.43. The number of imidazole rings is 1. The summed E-state index contributed by atoms with van der Waals surface area (Å²) < 4.78 is 4.45. The van der Waals surface area contributed by atoms with Crippen LogP contribution in [-0.2, 0) is 23.3 Å². The molecular formula is C23H28N3O+. The van der Waals surface area contributed by atoms with Gasteiger partial charge in [-0.05, 0) is 17.5 Å². The molecule has 1 amide bonds. The number of hydrogen-bond donors (Lipinski definition) is 1. The average molecular weight is 362 g/mol. The van der Waals surface area contributed by atoms with Gasteiger partial charge in [0, 0.05) is 13.3 Å². The molecule has 3 rings (SSSR count). The van der Waals surface area contributed by atoms with E-state index in [1.54, 1.807) is 0 Å². The molecule has 140 valence electrons. The van der Waals surface area contributed by atoms with Crippen molar-refractivity contribution in [2.75, 3.05) is 0 Å². The van der Waals surface area contributed by atoms with E-state index in [-0.39, 0.29) is 5.91 Å². The number of amides is 1. The van der Waals surface area contributed by atoms with Gasteiger partial charge in [-0.3, -0.25) is 4.79 Å². The molecule has 0 atom stereocenters. The van der Waals surface area contributed by atoms with Crippen molar-refractivity contribution in [3.63, 3.8) is 0 Å². The topological polar surface area (TPSA) is 51.9 Å². The maximum absolute atomic E-state index is 12.8. The predicted molar refractivity (Wildman–Crippen MR) is 107 cm³/mol. The first-order valence-corrected chi connectivity index (χ1v) is 9.55. The van der Waals surface area contributed by atoms with Gasteiger partial charge in [-0.1, -0.05) is 67.6 Å². The Hall–Kier alpha value is -2.88. The van der Waals surface area contributed by atoms with Gasteiger partial charge in [0.15, 0.2) is 0 Å². The second kappa shape index (κ2) is 8.21. The summed E-state index contributed by atoms with van der Waals surface area (Å²) in [6.45, 7) is 6.01. The molecule has 1 aromatic heterocycles. The maximum atomic E-state index is 12.8. The third-order valence-corrected chi connectivity index (χ3v) is 5.40. The molecule has 0 aliphatic carbocycles. The van der Waals surface area contributed by atoms with Gasteiger partial charge in [0.25, 0.3) is 5.82 Å². The van der Waals surface area contributed by atoms with Gasteiger partial charge in [0.05, 0.1) is 13.1 Å². The number of hydrogen-bond acceptors (Lipinski definition) is 1. The van der Waals surface area contributed by atoms with Gasteiger partial charge < -0.3 is 5.73 Å². The molecule has 4 heteroatoms. The van der Waals surface area contributed by atoms with Crippen LogP contribution in [0.2, 0.25) is 0 Å². The molecule has 3 aromatic rings. The summed E-state index contributed by atoms with van der Waals surface area (Å²) in [4.78, 5) is 12.8. The summed E-state index contributed by atoms with van der Waals surface area (Å²) in [6.07, 6.45) is 5.90. The Morgan fingerprint density at radius 3 is 2.07 bits per heavy atom. The lowest BCUT2D eigenvalue weighted by Gasteiger charge is -2.31. The zero-order valence-corrected chi connectivity index (χ0v) is 16.1. The van der Waals surface area contributed by atoms with Crippen LogP contribution in [0.4, 0.5) is 0 Å². The van der Waals surface area contributed by atoms with Crippen LogP contribution in [0.15, 0.2) is 73.1 Å². The number of carbonyl (C=O) groups excluding carboxylic acids is 1. The highest BCUT2D eigenvalue weighted by Crippen LogP contribution is 2.36. The van der Waals surface area contributed by atoms with E-state index in [1.165, 1.54) is 5.82 Å². The molecular weight excluding hydrogens is 334 g/mol. The van der Waals surface area contributed by atoms with Gasteiger partial charge in [-0.2, -0.15) is 0 Å². The molecule has 2 aromatic carbocycles. The monoisotopic (exact) mass is 362 g/mol. The number of aryl methyl sites for hydroxylation is 2. The van der Waals surface area contributed by atoms with E-state index in [9.17, 15) is 4.79 Å². The fraction of sp³-hybridized carbons (Fsp3) is 0.304. The zero-order valence-electron chi connectivity index (χ0n) is 16.1. The number of carbonyl (C=O) groups is 1. The number of rotatable bonds is 8. The van der Waals surface area contributed by atoms with Crippen LogP contribution in [0, 0.1) is 6.92 Å². The van der Waals surface area contributed by atoms with Crippen molar-refractivity contribution in [2.24, 2.45) is 5.73 Å². The minimum absolute atomic E-state index is 0.314. The molecule has 0 aliphatic heterocycles. The Balaban J connectivity index is 2.02. The number of benzene rings is 2. The van der Waals surface area contributed by atoms with Gasteiger partial charge >= 0.3 is 0 Å². The van der Waals surface area contributed by atoms with Crippen LogP contribution >= 0.6 is 0 Å². The first kappa shape index (κ1) is 18.9. The number of nitrogens with zero attached hydrogens (tertiary/aromatic N) is 2. The fourth-order valence-electron chi connectivity index (χ4n) is 3.85. The van der Waals surface area contributed by atoms with Gasteiger partial charge in [-0.25, -0.2) is 9.13 Å². The standard InChI is InChI=1S/C23H27N3O/c1-3-15-25-17-18-26(19(25)2)16-14-23(22(24)27,20-10-6-4-7-11-20)21-12-8-5-9-13-21/h4-13,17-18H,3,14-16H2,1-2H3,(H-,24,27)/p+1. The molecule has 0 spiro atoms. The third kappa shape index (κ3) is 3.65. The Morgan fingerprint density at radius 2 is 1.59 bits per heavy atom. The number of nitrogens with two attached hydrogens (primary N) is 1. The quantitative estimate of drug-likeness (QED) is 0.614. The third-order valence-electron chi connectivity index (χ3n) is 5.40.